The Kier molecular flexibility index (Phi) is 10.5. The van der Waals surface area contributed by atoms with Crippen LogP contribution in [0.3, 0.4) is 0 Å². The molecule has 0 aliphatic heterocycles. The summed E-state index contributed by atoms with van der Waals surface area (Å²) in [6.45, 7) is 14.3. The quantitative estimate of drug-likeness (QED) is 0.421. The molecule has 0 radical (unpaired) electrons. The fourth-order valence-electron chi connectivity index (χ4n) is 4.10. The molecule has 0 aromatic heterocycles. The number of aryl methyl sites for hydroxylation is 1. The number of benzene rings is 2. The Morgan fingerprint density at radius 2 is 1.61 bits per heavy atom. The van der Waals surface area contributed by atoms with Crippen molar-refractivity contribution in [1.29, 1.82) is 0 Å². The average Bonchev–Trinajstić information content (AvgIpc) is 2.85. The van der Waals surface area contributed by atoms with Crippen molar-refractivity contribution >= 4 is 17.9 Å². The van der Waals surface area contributed by atoms with Gasteiger partial charge in [0, 0.05) is 12.1 Å². The van der Waals surface area contributed by atoms with Gasteiger partial charge in [-0.1, -0.05) is 55.5 Å². The molecule has 0 saturated carbocycles. The number of aliphatic hydroxyl groups excluding tert-OH is 1. The molecule has 0 saturated heterocycles. The Balaban J connectivity index is 2.57. The lowest BCUT2D eigenvalue weighted by atomic mass is 9.89. The van der Waals surface area contributed by atoms with Gasteiger partial charge in [0.05, 0.1) is 6.61 Å². The van der Waals surface area contributed by atoms with Gasteiger partial charge < -0.3 is 25.4 Å². The maximum Gasteiger partial charge on any atom is 0.408 e. The number of alkyl carbamates (subject to hydrolysis) is 1. The van der Waals surface area contributed by atoms with E-state index in [2.05, 4.69) is 10.6 Å². The predicted octanol–water partition coefficient (Wildman–Crippen LogP) is 4.56. The van der Waals surface area contributed by atoms with Crippen molar-refractivity contribution in [2.45, 2.75) is 91.6 Å². The standard InChI is InChI=1S/C30H43N3O5/c1-9-30(7,8)33(27(36)24(19-34)32-28(37)38-29(4,5)6)25(23-17-13-14-20(2)21(23)3)26(35)31-18-22-15-11-10-12-16-22/h10-17,24-25,34H,9,18-19H2,1-8H3,(H,31,35)(H,32,37). The summed E-state index contributed by atoms with van der Waals surface area (Å²) in [7, 11) is 0. The molecule has 2 unspecified atom stereocenters. The molecule has 8 heteroatoms. The number of carbonyl (C=O) groups excluding carboxylic acids is 3. The molecule has 0 fully saturated rings. The van der Waals surface area contributed by atoms with E-state index in [4.69, 9.17) is 4.74 Å². The zero-order chi connectivity index (χ0) is 28.7. The lowest BCUT2D eigenvalue weighted by Crippen LogP contribution is -2.60. The van der Waals surface area contributed by atoms with E-state index in [0.717, 1.165) is 16.7 Å². The zero-order valence-electron chi connectivity index (χ0n) is 23.9. The number of carbonyl (C=O) groups is 3. The van der Waals surface area contributed by atoms with Crippen LogP contribution in [0.25, 0.3) is 0 Å². The molecular weight excluding hydrogens is 482 g/mol. The first-order valence-corrected chi connectivity index (χ1v) is 13.0. The first kappa shape index (κ1) is 30.8. The van der Waals surface area contributed by atoms with Crippen LogP contribution in [0.15, 0.2) is 48.5 Å². The van der Waals surface area contributed by atoms with E-state index in [0.29, 0.717) is 12.0 Å². The average molecular weight is 526 g/mol. The third-order valence-corrected chi connectivity index (χ3v) is 6.68. The van der Waals surface area contributed by atoms with Gasteiger partial charge in [0.15, 0.2) is 0 Å². The number of rotatable bonds is 10. The van der Waals surface area contributed by atoms with Crippen LogP contribution in [0.2, 0.25) is 0 Å². The first-order chi connectivity index (χ1) is 17.7. The molecule has 0 spiro atoms. The highest BCUT2D eigenvalue weighted by Crippen LogP contribution is 2.34. The second-order valence-electron chi connectivity index (χ2n) is 11.2. The van der Waals surface area contributed by atoms with E-state index in [1.807, 2.05) is 83.1 Å². The molecule has 2 atom stereocenters. The van der Waals surface area contributed by atoms with Crippen LogP contribution >= 0.6 is 0 Å². The minimum Gasteiger partial charge on any atom is -0.444 e. The van der Waals surface area contributed by atoms with Gasteiger partial charge in [0.25, 0.3) is 0 Å². The summed E-state index contributed by atoms with van der Waals surface area (Å²) in [6, 6.07) is 12.9. The number of nitrogens with one attached hydrogen (secondary N) is 2. The van der Waals surface area contributed by atoms with E-state index in [-0.39, 0.29) is 12.5 Å². The van der Waals surface area contributed by atoms with Crippen molar-refractivity contribution < 1.29 is 24.2 Å². The van der Waals surface area contributed by atoms with Crippen molar-refractivity contribution in [3.63, 3.8) is 0 Å². The molecule has 2 aromatic rings. The Morgan fingerprint density at radius 1 is 0.974 bits per heavy atom. The highest BCUT2D eigenvalue weighted by molar-refractivity contribution is 5.93. The van der Waals surface area contributed by atoms with E-state index < -0.39 is 41.8 Å². The van der Waals surface area contributed by atoms with Crippen LogP contribution in [0.4, 0.5) is 4.79 Å². The highest BCUT2D eigenvalue weighted by atomic mass is 16.6. The molecule has 0 aliphatic rings. The van der Waals surface area contributed by atoms with Gasteiger partial charge in [-0.15, -0.1) is 0 Å². The van der Waals surface area contributed by atoms with Crippen LogP contribution in [-0.4, -0.2) is 51.7 Å². The molecule has 0 heterocycles. The second kappa shape index (κ2) is 12.9. The Labute approximate surface area is 226 Å². The van der Waals surface area contributed by atoms with E-state index in [9.17, 15) is 19.5 Å². The molecular formula is C30H43N3O5. The van der Waals surface area contributed by atoms with Gasteiger partial charge in [-0.3, -0.25) is 9.59 Å². The topological polar surface area (TPSA) is 108 Å². The molecule has 0 aliphatic carbocycles. The number of amides is 3. The van der Waals surface area contributed by atoms with Crippen LogP contribution in [0.1, 0.15) is 76.3 Å². The minimum absolute atomic E-state index is 0.287. The number of hydrogen-bond donors (Lipinski definition) is 3. The normalized spacial score (nSPS) is 13.3. The summed E-state index contributed by atoms with van der Waals surface area (Å²) >= 11 is 0. The third-order valence-electron chi connectivity index (χ3n) is 6.68. The second-order valence-corrected chi connectivity index (χ2v) is 11.2. The minimum atomic E-state index is -1.30. The van der Waals surface area contributed by atoms with E-state index in [1.54, 1.807) is 20.8 Å². The molecule has 38 heavy (non-hydrogen) atoms. The predicted molar refractivity (Wildman–Crippen MR) is 148 cm³/mol. The van der Waals surface area contributed by atoms with Crippen LogP contribution in [0, 0.1) is 13.8 Å². The summed E-state index contributed by atoms with van der Waals surface area (Å²) in [5, 5.41) is 15.6. The highest BCUT2D eigenvalue weighted by Gasteiger charge is 2.43. The lowest BCUT2D eigenvalue weighted by molar-refractivity contribution is -0.150. The van der Waals surface area contributed by atoms with Crippen LogP contribution in [0.5, 0.6) is 0 Å². The van der Waals surface area contributed by atoms with Crippen molar-refractivity contribution in [2.24, 2.45) is 0 Å². The number of aliphatic hydroxyl groups is 1. The molecule has 2 aromatic carbocycles. The van der Waals surface area contributed by atoms with Gasteiger partial charge in [-0.05, 0) is 77.1 Å². The fourth-order valence-corrected chi connectivity index (χ4v) is 4.10. The smallest absolute Gasteiger partial charge is 0.408 e. The third kappa shape index (κ3) is 8.05. The molecule has 0 bridgehead atoms. The summed E-state index contributed by atoms with van der Waals surface area (Å²) < 4.78 is 5.32. The SMILES string of the molecule is CCC(C)(C)N(C(=O)C(CO)NC(=O)OC(C)(C)C)C(C(=O)NCc1ccccc1)c1cccc(C)c1C. The molecule has 3 amide bonds. The Hall–Kier alpha value is -3.39. The zero-order valence-corrected chi connectivity index (χ0v) is 23.9. The van der Waals surface area contributed by atoms with E-state index in [1.165, 1.54) is 4.90 Å². The van der Waals surface area contributed by atoms with Crippen LogP contribution < -0.4 is 10.6 Å². The summed E-state index contributed by atoms with van der Waals surface area (Å²) in [4.78, 5) is 42.0. The van der Waals surface area contributed by atoms with Gasteiger partial charge in [0.1, 0.15) is 17.7 Å². The van der Waals surface area contributed by atoms with Crippen molar-refractivity contribution in [3.8, 4) is 0 Å². The summed E-state index contributed by atoms with van der Waals surface area (Å²) in [6.07, 6.45) is -0.299. The summed E-state index contributed by atoms with van der Waals surface area (Å²) in [5.41, 5.74) is 1.89. The fraction of sp³-hybridized carbons (Fsp3) is 0.500. The maximum atomic E-state index is 14.1. The van der Waals surface area contributed by atoms with Gasteiger partial charge in [-0.2, -0.15) is 0 Å². The number of ether oxygens (including phenoxy) is 1. The molecule has 208 valence electrons. The lowest BCUT2D eigenvalue weighted by Gasteiger charge is -2.44. The van der Waals surface area contributed by atoms with Gasteiger partial charge in [0.2, 0.25) is 11.8 Å². The van der Waals surface area contributed by atoms with E-state index >= 15 is 0 Å². The molecule has 8 nitrogen and oxygen atoms in total. The molecule has 2 rings (SSSR count). The summed E-state index contributed by atoms with van der Waals surface area (Å²) in [5.74, 6) is -0.933. The number of nitrogens with zero attached hydrogens (tertiary/aromatic N) is 1. The van der Waals surface area contributed by atoms with Gasteiger partial charge >= 0.3 is 6.09 Å². The van der Waals surface area contributed by atoms with Crippen molar-refractivity contribution in [2.75, 3.05) is 6.61 Å². The van der Waals surface area contributed by atoms with Crippen LogP contribution in [-0.2, 0) is 20.9 Å². The van der Waals surface area contributed by atoms with Gasteiger partial charge in [-0.25, -0.2) is 4.79 Å². The largest absolute Gasteiger partial charge is 0.444 e. The molecule has 3 N–H and O–H groups in total. The van der Waals surface area contributed by atoms with Crippen molar-refractivity contribution in [3.05, 3.63) is 70.8 Å². The maximum absolute atomic E-state index is 14.1. The first-order valence-electron chi connectivity index (χ1n) is 13.0. The monoisotopic (exact) mass is 525 g/mol. The number of hydrogen-bond acceptors (Lipinski definition) is 5. The van der Waals surface area contributed by atoms with Crippen molar-refractivity contribution in [1.82, 2.24) is 15.5 Å². The Morgan fingerprint density at radius 3 is 2.16 bits per heavy atom. The Bertz CT molecular complexity index is 1110.